The van der Waals surface area contributed by atoms with Gasteiger partial charge < -0.3 is 25.4 Å². The number of aliphatic hydroxyl groups is 1. The van der Waals surface area contributed by atoms with Gasteiger partial charge in [0.05, 0.1) is 30.0 Å². The van der Waals surface area contributed by atoms with E-state index in [0.717, 1.165) is 12.1 Å². The molecule has 0 atom stereocenters. The molecule has 3 N–H and O–H groups in total. The third kappa shape index (κ3) is 6.08. The summed E-state index contributed by atoms with van der Waals surface area (Å²) in [5.41, 5.74) is -2.88. The molecule has 33 heavy (non-hydrogen) atoms. The number of ether oxygens (including phenoxy) is 1. The first kappa shape index (κ1) is 25.1. The highest BCUT2D eigenvalue weighted by molar-refractivity contribution is 14.1. The number of nitrogens with one attached hydrogen (secondary N) is 2. The van der Waals surface area contributed by atoms with Gasteiger partial charge in [-0.15, -0.1) is 0 Å². The molecule has 2 aromatic rings. The Balaban J connectivity index is 1.72. The molecule has 0 bridgehead atoms. The molecule has 1 fully saturated rings. The van der Waals surface area contributed by atoms with E-state index in [0.29, 0.717) is 3.57 Å². The molecular formula is C22H23F3IN3O4. The van der Waals surface area contributed by atoms with E-state index >= 15 is 0 Å². The molecule has 1 saturated heterocycles. The van der Waals surface area contributed by atoms with Crippen molar-refractivity contribution in [3.63, 3.8) is 0 Å². The summed E-state index contributed by atoms with van der Waals surface area (Å²) >= 11 is 1.90. The van der Waals surface area contributed by atoms with Gasteiger partial charge in [-0.25, -0.2) is 18.0 Å². The molecule has 0 aliphatic carbocycles. The molecule has 178 valence electrons. The highest BCUT2D eigenvalue weighted by atomic mass is 127. The first-order valence-electron chi connectivity index (χ1n) is 9.95. The maximum atomic E-state index is 14.6. The first-order valence-corrected chi connectivity index (χ1v) is 11.0. The number of rotatable bonds is 5. The van der Waals surface area contributed by atoms with E-state index in [1.165, 1.54) is 17.0 Å². The summed E-state index contributed by atoms with van der Waals surface area (Å²) < 4.78 is 48.3. The minimum atomic E-state index is -1.47. The first-order chi connectivity index (χ1) is 15.3. The van der Waals surface area contributed by atoms with E-state index < -0.39 is 46.3 Å². The molecule has 2 aromatic carbocycles. The number of hydrogen-bond donors (Lipinski definition) is 3. The van der Waals surface area contributed by atoms with Crippen molar-refractivity contribution in [2.24, 2.45) is 0 Å². The molecule has 1 aliphatic rings. The van der Waals surface area contributed by atoms with Crippen LogP contribution in [-0.4, -0.2) is 52.8 Å². The molecule has 0 spiro atoms. The zero-order valence-electron chi connectivity index (χ0n) is 18.1. The van der Waals surface area contributed by atoms with Crippen LogP contribution in [0.1, 0.15) is 31.1 Å². The monoisotopic (exact) mass is 577 g/mol. The Morgan fingerprint density at radius 3 is 2.42 bits per heavy atom. The van der Waals surface area contributed by atoms with Gasteiger partial charge in [-0.1, -0.05) is 0 Å². The van der Waals surface area contributed by atoms with Gasteiger partial charge in [-0.3, -0.25) is 4.79 Å². The second-order valence-electron chi connectivity index (χ2n) is 8.87. The van der Waals surface area contributed by atoms with Crippen LogP contribution in [-0.2, 0) is 4.74 Å². The van der Waals surface area contributed by atoms with Gasteiger partial charge in [0.15, 0.2) is 11.6 Å². The van der Waals surface area contributed by atoms with E-state index in [1.807, 2.05) is 22.6 Å². The number of anilines is 2. The van der Waals surface area contributed by atoms with Crippen LogP contribution in [0.15, 0.2) is 30.3 Å². The SMILES string of the molecule is CC(C)(C)NC(=O)OCC1(O)CN(C(=O)c2ccc(F)c(F)c2Nc2ccc(I)cc2F)C1. The molecule has 2 amide bonds. The van der Waals surface area contributed by atoms with Crippen molar-refractivity contribution < 1.29 is 32.6 Å². The third-order valence-corrected chi connectivity index (χ3v) is 5.39. The van der Waals surface area contributed by atoms with Gasteiger partial charge >= 0.3 is 6.09 Å². The average molecular weight is 577 g/mol. The summed E-state index contributed by atoms with van der Waals surface area (Å²) in [5.74, 6) is -3.95. The van der Waals surface area contributed by atoms with Gasteiger partial charge in [0.2, 0.25) is 0 Å². The molecule has 11 heteroatoms. The van der Waals surface area contributed by atoms with Crippen LogP contribution in [0, 0.1) is 21.0 Å². The van der Waals surface area contributed by atoms with E-state index in [-0.39, 0.29) is 30.9 Å². The number of hydrogen-bond acceptors (Lipinski definition) is 5. The summed E-state index contributed by atoms with van der Waals surface area (Å²) in [6.07, 6.45) is -0.715. The Morgan fingerprint density at radius 2 is 1.82 bits per heavy atom. The lowest BCUT2D eigenvalue weighted by molar-refractivity contribution is -0.111. The van der Waals surface area contributed by atoms with Crippen LogP contribution in [0.25, 0.3) is 0 Å². The van der Waals surface area contributed by atoms with E-state index in [4.69, 9.17) is 4.74 Å². The largest absolute Gasteiger partial charge is 0.446 e. The Bertz CT molecular complexity index is 1090. The minimum Gasteiger partial charge on any atom is -0.446 e. The third-order valence-electron chi connectivity index (χ3n) is 4.72. The summed E-state index contributed by atoms with van der Waals surface area (Å²) in [6, 6.07) is 5.99. The fourth-order valence-corrected chi connectivity index (χ4v) is 3.64. The average Bonchev–Trinajstić information content (AvgIpc) is 2.68. The molecule has 1 heterocycles. The van der Waals surface area contributed by atoms with E-state index in [2.05, 4.69) is 10.6 Å². The lowest BCUT2D eigenvalue weighted by Gasteiger charge is -2.46. The number of halogens is 4. The molecule has 7 nitrogen and oxygen atoms in total. The number of alkyl carbamates (subject to hydrolysis) is 1. The molecule has 0 saturated carbocycles. The van der Waals surface area contributed by atoms with Crippen molar-refractivity contribution in [3.8, 4) is 0 Å². The van der Waals surface area contributed by atoms with Crippen molar-refractivity contribution in [1.29, 1.82) is 0 Å². The second kappa shape index (κ2) is 9.37. The predicted molar refractivity (Wildman–Crippen MR) is 124 cm³/mol. The van der Waals surface area contributed by atoms with Gasteiger partial charge in [0, 0.05) is 9.11 Å². The van der Waals surface area contributed by atoms with Crippen molar-refractivity contribution >= 4 is 46.0 Å². The zero-order valence-corrected chi connectivity index (χ0v) is 20.3. The molecule has 1 aliphatic heterocycles. The number of carbonyl (C=O) groups is 2. The van der Waals surface area contributed by atoms with Gasteiger partial charge in [-0.05, 0) is 73.7 Å². The Morgan fingerprint density at radius 1 is 1.15 bits per heavy atom. The quantitative estimate of drug-likeness (QED) is 0.465. The maximum Gasteiger partial charge on any atom is 0.407 e. The fourth-order valence-electron chi connectivity index (χ4n) is 3.19. The molecule has 0 unspecified atom stereocenters. The summed E-state index contributed by atoms with van der Waals surface area (Å²) in [6.45, 7) is 4.57. The highest BCUT2D eigenvalue weighted by Crippen LogP contribution is 2.31. The maximum absolute atomic E-state index is 14.6. The summed E-state index contributed by atoms with van der Waals surface area (Å²) in [4.78, 5) is 25.9. The molecule has 3 rings (SSSR count). The Kier molecular flexibility index (Phi) is 7.13. The number of amides is 2. The van der Waals surface area contributed by atoms with Gasteiger partial charge in [-0.2, -0.15) is 0 Å². The minimum absolute atomic E-state index is 0.132. The van der Waals surface area contributed by atoms with Crippen molar-refractivity contribution in [1.82, 2.24) is 10.2 Å². The molecular weight excluding hydrogens is 554 g/mol. The van der Waals surface area contributed by atoms with Crippen LogP contribution >= 0.6 is 22.6 Å². The van der Waals surface area contributed by atoms with Crippen LogP contribution in [0.5, 0.6) is 0 Å². The fraction of sp³-hybridized carbons (Fsp3) is 0.364. The Hall–Kier alpha value is -2.54. The number of carbonyl (C=O) groups excluding carboxylic acids is 2. The highest BCUT2D eigenvalue weighted by Gasteiger charge is 2.45. The van der Waals surface area contributed by atoms with Crippen molar-refractivity contribution in [2.45, 2.75) is 31.9 Å². The van der Waals surface area contributed by atoms with E-state index in [9.17, 15) is 27.9 Å². The van der Waals surface area contributed by atoms with Gasteiger partial charge in [0.1, 0.15) is 18.0 Å². The van der Waals surface area contributed by atoms with Crippen LogP contribution < -0.4 is 10.6 Å². The molecule has 0 aromatic heterocycles. The van der Waals surface area contributed by atoms with Gasteiger partial charge in [0.25, 0.3) is 5.91 Å². The number of benzene rings is 2. The Labute approximate surface area is 202 Å². The van der Waals surface area contributed by atoms with Crippen LogP contribution in [0.2, 0.25) is 0 Å². The number of β-amino-alcohol motifs (C(OH)–C–C–N with tert-alkyl or cyclic N) is 1. The second-order valence-corrected chi connectivity index (χ2v) is 10.1. The lowest BCUT2D eigenvalue weighted by Crippen LogP contribution is -2.66. The summed E-state index contributed by atoms with van der Waals surface area (Å²) in [7, 11) is 0. The standard InChI is InChI=1S/C22H23F3IN3O4/c1-21(2,3)28-20(31)33-11-22(32)9-29(10-22)19(30)13-5-6-14(23)17(25)18(13)27-16-7-4-12(26)8-15(16)24/h4-8,27,32H,9-11H2,1-3H3,(H,28,31). The zero-order chi connectivity index (χ0) is 24.6. The number of nitrogens with zero attached hydrogens (tertiary/aromatic N) is 1. The normalized spacial score (nSPS) is 15.0. The van der Waals surface area contributed by atoms with Crippen LogP contribution in [0.3, 0.4) is 0 Å². The number of likely N-dealkylation sites (tertiary alicyclic amines) is 1. The predicted octanol–water partition coefficient (Wildman–Crippen LogP) is 4.16. The van der Waals surface area contributed by atoms with Crippen molar-refractivity contribution in [2.75, 3.05) is 25.0 Å². The summed E-state index contributed by atoms with van der Waals surface area (Å²) in [5, 5.41) is 15.5. The topological polar surface area (TPSA) is 90.9 Å². The molecule has 0 radical (unpaired) electrons. The smallest absolute Gasteiger partial charge is 0.407 e. The lowest BCUT2D eigenvalue weighted by atomic mass is 9.94. The van der Waals surface area contributed by atoms with Crippen molar-refractivity contribution in [3.05, 3.63) is 56.9 Å². The van der Waals surface area contributed by atoms with Crippen LogP contribution in [0.4, 0.5) is 29.3 Å². The van der Waals surface area contributed by atoms with E-state index in [1.54, 1.807) is 26.8 Å².